The molecule has 1 saturated carbocycles. The Balaban J connectivity index is 1.08. The number of rotatable bonds is 5. The topological polar surface area (TPSA) is 58.3 Å². The highest BCUT2D eigenvalue weighted by Crippen LogP contribution is 2.34. The van der Waals surface area contributed by atoms with Crippen LogP contribution in [0.25, 0.3) is 11.6 Å². The van der Waals surface area contributed by atoms with Gasteiger partial charge in [0.25, 0.3) is 5.89 Å². The maximum absolute atomic E-state index is 5.21. The van der Waals surface area contributed by atoms with Crippen LogP contribution in [-0.2, 0) is 0 Å². The van der Waals surface area contributed by atoms with Gasteiger partial charge < -0.3 is 14.3 Å². The summed E-state index contributed by atoms with van der Waals surface area (Å²) in [7, 11) is 0. The summed E-state index contributed by atoms with van der Waals surface area (Å²) in [5.41, 5.74) is 1.95. The third-order valence-electron chi connectivity index (χ3n) is 7.38. The third-order valence-corrected chi connectivity index (χ3v) is 7.38. The Morgan fingerprint density at radius 1 is 0.966 bits per heavy atom. The normalized spacial score (nSPS) is 22.7. The van der Waals surface area contributed by atoms with Crippen molar-refractivity contribution < 1.29 is 4.52 Å². The first-order valence-corrected chi connectivity index (χ1v) is 11.5. The molecule has 6 nitrogen and oxygen atoms in total. The molecule has 0 bridgehead atoms. The molecular formula is C23H33N5O. The van der Waals surface area contributed by atoms with Gasteiger partial charge in [0.15, 0.2) is 5.82 Å². The highest BCUT2D eigenvalue weighted by atomic mass is 16.5. The number of aromatic nitrogens is 3. The predicted molar refractivity (Wildman–Crippen MR) is 114 cm³/mol. The molecule has 2 aliphatic heterocycles. The van der Waals surface area contributed by atoms with Crippen LogP contribution in [0.15, 0.2) is 22.9 Å². The number of hydrogen-bond acceptors (Lipinski definition) is 6. The number of hydrogen-bond donors (Lipinski definition) is 0. The number of piperidine rings is 2. The zero-order chi connectivity index (χ0) is 19.6. The van der Waals surface area contributed by atoms with Gasteiger partial charge in [-0.05, 0) is 88.9 Å². The summed E-state index contributed by atoms with van der Waals surface area (Å²) in [5.74, 6) is 3.00. The Morgan fingerprint density at radius 3 is 2.24 bits per heavy atom. The lowest BCUT2D eigenvalue weighted by Gasteiger charge is -2.43. The summed E-state index contributed by atoms with van der Waals surface area (Å²) in [6.07, 6.45) is 13.2. The van der Waals surface area contributed by atoms with Crippen molar-refractivity contribution >= 4 is 5.69 Å². The van der Waals surface area contributed by atoms with Crippen molar-refractivity contribution in [3.05, 3.63) is 24.2 Å². The Kier molecular flexibility index (Phi) is 5.53. The molecule has 1 aliphatic carbocycles. The van der Waals surface area contributed by atoms with Crippen molar-refractivity contribution in [3.63, 3.8) is 0 Å². The van der Waals surface area contributed by atoms with Gasteiger partial charge >= 0.3 is 0 Å². The smallest absolute Gasteiger partial charge is 0.276 e. The molecule has 2 aromatic rings. The van der Waals surface area contributed by atoms with E-state index in [9.17, 15) is 0 Å². The molecule has 4 heterocycles. The highest BCUT2D eigenvalue weighted by Gasteiger charge is 2.30. The van der Waals surface area contributed by atoms with Crippen LogP contribution in [0.5, 0.6) is 0 Å². The van der Waals surface area contributed by atoms with Crippen LogP contribution in [0.4, 0.5) is 5.69 Å². The van der Waals surface area contributed by atoms with Crippen LogP contribution in [0.1, 0.15) is 57.2 Å². The molecule has 0 atom stereocenters. The second-order valence-corrected chi connectivity index (χ2v) is 9.28. The van der Waals surface area contributed by atoms with Crippen molar-refractivity contribution in [3.8, 4) is 11.6 Å². The van der Waals surface area contributed by atoms with Gasteiger partial charge in [0.1, 0.15) is 5.69 Å². The second kappa shape index (κ2) is 8.42. The Morgan fingerprint density at radius 2 is 1.69 bits per heavy atom. The van der Waals surface area contributed by atoms with E-state index in [1.807, 2.05) is 19.2 Å². The molecule has 3 fully saturated rings. The van der Waals surface area contributed by atoms with Crippen molar-refractivity contribution in [2.75, 3.05) is 31.1 Å². The molecule has 2 aromatic heterocycles. The average Bonchev–Trinajstić information content (AvgIpc) is 3.15. The van der Waals surface area contributed by atoms with Gasteiger partial charge in [-0.15, -0.1) is 0 Å². The minimum Gasteiger partial charge on any atom is -0.370 e. The Labute approximate surface area is 173 Å². The largest absolute Gasteiger partial charge is 0.370 e. The summed E-state index contributed by atoms with van der Waals surface area (Å²) < 4.78 is 5.21. The number of pyridine rings is 1. The second-order valence-electron chi connectivity index (χ2n) is 9.28. The van der Waals surface area contributed by atoms with E-state index >= 15 is 0 Å². The summed E-state index contributed by atoms with van der Waals surface area (Å²) in [6.45, 7) is 6.82. The fourth-order valence-corrected chi connectivity index (χ4v) is 5.30. The van der Waals surface area contributed by atoms with Crippen LogP contribution in [0.2, 0.25) is 0 Å². The lowest BCUT2D eigenvalue weighted by atomic mass is 9.81. The standard InChI is InChI=1S/C23H33N5O/c1-17-25-23(29-26-17)22-6-5-21(16-24-22)28-13-9-19(10-14-28)15-18-7-11-27(12-8-18)20-3-2-4-20/h5-6,16,18-20H,2-4,7-15H2,1H3. The van der Waals surface area contributed by atoms with E-state index in [0.717, 1.165) is 36.7 Å². The molecule has 0 aromatic carbocycles. The molecule has 0 unspecified atom stereocenters. The van der Waals surface area contributed by atoms with E-state index in [4.69, 9.17) is 4.52 Å². The molecule has 0 amide bonds. The molecule has 6 heteroatoms. The van der Waals surface area contributed by atoms with Gasteiger partial charge in [-0.25, -0.2) is 4.98 Å². The Hall–Kier alpha value is -1.95. The Bertz CT molecular complexity index is 784. The summed E-state index contributed by atoms with van der Waals surface area (Å²) in [4.78, 5) is 14.0. The zero-order valence-corrected chi connectivity index (χ0v) is 17.6. The van der Waals surface area contributed by atoms with E-state index in [2.05, 4.69) is 31.0 Å². The molecule has 0 spiro atoms. The monoisotopic (exact) mass is 395 g/mol. The first kappa shape index (κ1) is 19.0. The first-order chi connectivity index (χ1) is 14.2. The molecule has 0 radical (unpaired) electrons. The van der Waals surface area contributed by atoms with Gasteiger partial charge in [-0.1, -0.05) is 11.6 Å². The van der Waals surface area contributed by atoms with Crippen molar-refractivity contribution in [2.45, 2.75) is 64.3 Å². The third kappa shape index (κ3) is 4.32. The van der Waals surface area contributed by atoms with Crippen molar-refractivity contribution in [1.82, 2.24) is 20.0 Å². The predicted octanol–water partition coefficient (Wildman–Crippen LogP) is 4.31. The van der Waals surface area contributed by atoms with Crippen molar-refractivity contribution in [1.29, 1.82) is 0 Å². The van der Waals surface area contributed by atoms with Gasteiger partial charge in [0.2, 0.25) is 0 Å². The fourth-order valence-electron chi connectivity index (χ4n) is 5.30. The molecular weight excluding hydrogens is 362 g/mol. The van der Waals surface area contributed by atoms with Crippen LogP contribution in [0.3, 0.4) is 0 Å². The van der Waals surface area contributed by atoms with Crippen LogP contribution < -0.4 is 4.90 Å². The maximum Gasteiger partial charge on any atom is 0.276 e. The number of aryl methyl sites for hydroxylation is 1. The van der Waals surface area contributed by atoms with E-state index in [1.165, 1.54) is 70.1 Å². The summed E-state index contributed by atoms with van der Waals surface area (Å²) >= 11 is 0. The first-order valence-electron chi connectivity index (χ1n) is 11.5. The molecule has 5 rings (SSSR count). The van der Waals surface area contributed by atoms with E-state index in [0.29, 0.717) is 11.7 Å². The fraction of sp³-hybridized carbons (Fsp3) is 0.696. The molecule has 156 valence electrons. The van der Waals surface area contributed by atoms with E-state index in [1.54, 1.807) is 0 Å². The van der Waals surface area contributed by atoms with Gasteiger partial charge in [0.05, 0.1) is 11.9 Å². The lowest BCUT2D eigenvalue weighted by molar-refractivity contribution is 0.0772. The van der Waals surface area contributed by atoms with Gasteiger partial charge in [-0.2, -0.15) is 4.98 Å². The van der Waals surface area contributed by atoms with Gasteiger partial charge in [0, 0.05) is 19.1 Å². The van der Waals surface area contributed by atoms with Crippen LogP contribution >= 0.6 is 0 Å². The van der Waals surface area contributed by atoms with E-state index in [-0.39, 0.29) is 0 Å². The highest BCUT2D eigenvalue weighted by molar-refractivity contribution is 5.53. The molecule has 29 heavy (non-hydrogen) atoms. The SMILES string of the molecule is Cc1noc(-c2ccc(N3CCC(CC4CCN(C5CCC5)CC4)CC3)cn2)n1. The number of anilines is 1. The maximum atomic E-state index is 5.21. The van der Waals surface area contributed by atoms with Crippen LogP contribution in [-0.4, -0.2) is 52.2 Å². The minimum atomic E-state index is 0.496. The number of likely N-dealkylation sites (tertiary alicyclic amines) is 1. The minimum absolute atomic E-state index is 0.496. The summed E-state index contributed by atoms with van der Waals surface area (Å²) in [5, 5.41) is 3.84. The quantitative estimate of drug-likeness (QED) is 0.752. The average molecular weight is 396 g/mol. The molecule has 2 saturated heterocycles. The zero-order valence-electron chi connectivity index (χ0n) is 17.6. The van der Waals surface area contributed by atoms with Crippen molar-refractivity contribution in [2.24, 2.45) is 11.8 Å². The molecule has 0 N–H and O–H groups in total. The molecule has 3 aliphatic rings. The number of nitrogens with zero attached hydrogens (tertiary/aromatic N) is 5. The lowest BCUT2D eigenvalue weighted by Crippen LogP contribution is -2.45. The van der Waals surface area contributed by atoms with Gasteiger partial charge in [-0.3, -0.25) is 0 Å². The van der Waals surface area contributed by atoms with E-state index < -0.39 is 0 Å². The van der Waals surface area contributed by atoms with Crippen LogP contribution in [0, 0.1) is 18.8 Å². The summed E-state index contributed by atoms with van der Waals surface area (Å²) in [6, 6.07) is 5.06.